The van der Waals surface area contributed by atoms with Crippen LogP contribution >= 0.6 is 11.3 Å². The number of fused-ring (bicyclic) bond motifs is 6. The molecule has 0 fully saturated rings. The van der Waals surface area contributed by atoms with Gasteiger partial charge in [-0.25, -0.2) is 15.0 Å². The van der Waals surface area contributed by atoms with Crippen molar-refractivity contribution in [2.45, 2.75) is 0 Å². The quantitative estimate of drug-likeness (QED) is 0.161. The van der Waals surface area contributed by atoms with Crippen LogP contribution in [0.15, 0.2) is 218 Å². The van der Waals surface area contributed by atoms with Gasteiger partial charge >= 0.3 is 0 Å². The van der Waals surface area contributed by atoms with Gasteiger partial charge in [0.25, 0.3) is 0 Å². The van der Waals surface area contributed by atoms with E-state index in [0.29, 0.717) is 17.5 Å². The smallest absolute Gasteiger partial charge is 0.164 e. The number of hydrogen-bond donors (Lipinski definition) is 0. The summed E-state index contributed by atoms with van der Waals surface area (Å²) < 4.78 is 4.82. The first-order valence-corrected chi connectivity index (χ1v) is 21.7. The highest BCUT2D eigenvalue weighted by atomic mass is 32.1. The van der Waals surface area contributed by atoms with Gasteiger partial charge in [0.1, 0.15) is 0 Å². The largest absolute Gasteiger partial charge is 0.309 e. The summed E-state index contributed by atoms with van der Waals surface area (Å²) in [4.78, 5) is 15.8. The lowest BCUT2D eigenvalue weighted by molar-refractivity contribution is 1.08. The van der Waals surface area contributed by atoms with Crippen LogP contribution < -0.4 is 0 Å². The predicted octanol–water partition coefficient (Wildman–Crippen LogP) is 15.3. The van der Waals surface area contributed by atoms with Gasteiger partial charge in [0, 0.05) is 53.2 Å². The Morgan fingerprint density at radius 2 is 0.742 bits per heavy atom. The summed E-state index contributed by atoms with van der Waals surface area (Å²) in [7, 11) is 0. The number of hydrogen-bond acceptors (Lipinski definition) is 4. The zero-order valence-electron chi connectivity index (χ0n) is 33.5. The number of para-hydroxylation sites is 3. The molecule has 0 saturated heterocycles. The lowest BCUT2D eigenvalue weighted by Gasteiger charge is -2.15. The number of aromatic nitrogens is 4. The van der Waals surface area contributed by atoms with Crippen molar-refractivity contribution in [3.05, 3.63) is 218 Å². The molecule has 12 rings (SSSR count). The first-order chi connectivity index (χ1) is 30.7. The fourth-order valence-electron chi connectivity index (χ4n) is 9.04. The molecule has 62 heavy (non-hydrogen) atoms. The van der Waals surface area contributed by atoms with E-state index in [2.05, 4.69) is 205 Å². The Labute approximate surface area is 362 Å². The van der Waals surface area contributed by atoms with Crippen LogP contribution in [0.25, 0.3) is 115 Å². The molecule has 3 heterocycles. The van der Waals surface area contributed by atoms with Crippen molar-refractivity contribution < 1.29 is 0 Å². The summed E-state index contributed by atoms with van der Waals surface area (Å²) in [5.41, 5.74) is 13.3. The van der Waals surface area contributed by atoms with Gasteiger partial charge in [-0.3, -0.25) is 0 Å². The van der Waals surface area contributed by atoms with E-state index in [9.17, 15) is 0 Å². The fraction of sp³-hybridized carbons (Fsp3) is 0. The summed E-state index contributed by atoms with van der Waals surface area (Å²) in [6.07, 6.45) is 0. The van der Waals surface area contributed by atoms with Gasteiger partial charge < -0.3 is 4.57 Å². The summed E-state index contributed by atoms with van der Waals surface area (Å²) >= 11 is 1.81. The molecule has 0 spiro atoms. The van der Waals surface area contributed by atoms with Crippen molar-refractivity contribution in [2.24, 2.45) is 0 Å². The molecule has 0 saturated carbocycles. The summed E-state index contributed by atoms with van der Waals surface area (Å²) in [5, 5.41) is 4.82. The van der Waals surface area contributed by atoms with Gasteiger partial charge in [-0.15, -0.1) is 11.3 Å². The van der Waals surface area contributed by atoms with Crippen LogP contribution in [-0.4, -0.2) is 19.5 Å². The third-order valence-corrected chi connectivity index (χ3v) is 13.0. The molecule has 0 aliphatic rings. The highest BCUT2D eigenvalue weighted by Gasteiger charge is 2.22. The van der Waals surface area contributed by atoms with E-state index >= 15 is 0 Å². The molecule has 3 aromatic heterocycles. The Balaban J connectivity index is 1.06. The average Bonchev–Trinajstić information content (AvgIpc) is 3.91. The van der Waals surface area contributed by atoms with Gasteiger partial charge in [-0.05, 0) is 70.3 Å². The molecule has 0 unspecified atom stereocenters. The van der Waals surface area contributed by atoms with Crippen LogP contribution in [0.4, 0.5) is 0 Å². The Kier molecular flexibility index (Phi) is 8.65. The predicted molar refractivity (Wildman–Crippen MR) is 260 cm³/mol. The summed E-state index contributed by atoms with van der Waals surface area (Å²) in [6.45, 7) is 0. The molecule has 4 nitrogen and oxygen atoms in total. The maximum atomic E-state index is 5.34. The zero-order chi connectivity index (χ0) is 41.0. The Bertz CT molecular complexity index is 3590. The first-order valence-electron chi connectivity index (χ1n) is 20.9. The van der Waals surface area contributed by atoms with Crippen molar-refractivity contribution in [1.29, 1.82) is 0 Å². The molecular weight excluding hydrogens is 773 g/mol. The molecular formula is C57H36N4S. The number of benzene rings is 9. The Hall–Kier alpha value is -7.99. The van der Waals surface area contributed by atoms with E-state index in [0.717, 1.165) is 44.5 Å². The molecule has 0 N–H and O–H groups in total. The maximum Gasteiger partial charge on any atom is 0.164 e. The standard InChI is InChI=1S/C57H36N4S/c1-3-17-37(18-4-1)39-21-13-22-40(35-39)41-23-14-24-42(36-41)56-58-55(38-19-5-2-6-20-38)59-57(60-56)47-29-16-34-52-54(47)53-46(28-15-33-51(53)62-52)45-27-9-12-32-50(45)61-48-30-10-7-25-43(48)44-26-8-11-31-49(44)61/h1-36H. The Morgan fingerprint density at radius 1 is 0.306 bits per heavy atom. The fourth-order valence-corrected chi connectivity index (χ4v) is 10.2. The average molecular weight is 809 g/mol. The molecule has 0 radical (unpaired) electrons. The molecule has 0 aliphatic heterocycles. The van der Waals surface area contributed by atoms with Gasteiger partial charge in [0.05, 0.1) is 16.7 Å². The van der Waals surface area contributed by atoms with E-state index in [1.54, 1.807) is 0 Å². The second kappa shape index (κ2) is 14.9. The van der Waals surface area contributed by atoms with Crippen LogP contribution in [0.1, 0.15) is 0 Å². The van der Waals surface area contributed by atoms with Crippen molar-refractivity contribution in [3.63, 3.8) is 0 Å². The molecule has 0 aliphatic carbocycles. The van der Waals surface area contributed by atoms with Gasteiger partial charge in [-0.1, -0.05) is 176 Å². The number of thiophene rings is 1. The monoisotopic (exact) mass is 808 g/mol. The second-order valence-electron chi connectivity index (χ2n) is 15.5. The second-order valence-corrected chi connectivity index (χ2v) is 16.6. The molecule has 0 bridgehead atoms. The third-order valence-electron chi connectivity index (χ3n) is 11.9. The SMILES string of the molecule is c1ccc(-c2cccc(-c3cccc(-c4nc(-c5ccccc5)nc(-c5cccc6sc7cccc(-c8ccccc8-n8c9ccccc9c9ccccc98)c7c56)n4)c3)c2)cc1. The van der Waals surface area contributed by atoms with Crippen molar-refractivity contribution in [3.8, 4) is 73.2 Å². The lowest BCUT2D eigenvalue weighted by atomic mass is 9.95. The first kappa shape index (κ1) is 35.9. The highest BCUT2D eigenvalue weighted by molar-refractivity contribution is 7.26. The maximum absolute atomic E-state index is 5.34. The van der Waals surface area contributed by atoms with Crippen molar-refractivity contribution in [1.82, 2.24) is 19.5 Å². The number of nitrogens with zero attached hydrogens (tertiary/aromatic N) is 4. The van der Waals surface area contributed by atoms with Crippen LogP contribution in [0.5, 0.6) is 0 Å². The van der Waals surface area contributed by atoms with Gasteiger partial charge in [0.2, 0.25) is 0 Å². The highest BCUT2D eigenvalue weighted by Crippen LogP contribution is 2.46. The molecule has 0 atom stereocenters. The molecule has 9 aromatic carbocycles. The minimum Gasteiger partial charge on any atom is -0.309 e. The molecule has 5 heteroatoms. The van der Waals surface area contributed by atoms with E-state index in [1.165, 1.54) is 53.3 Å². The third kappa shape index (κ3) is 6.09. The summed E-state index contributed by atoms with van der Waals surface area (Å²) in [5.74, 6) is 1.90. The minimum atomic E-state index is 0.628. The van der Waals surface area contributed by atoms with E-state index in [4.69, 9.17) is 15.0 Å². The lowest BCUT2D eigenvalue weighted by Crippen LogP contribution is -2.00. The van der Waals surface area contributed by atoms with Crippen molar-refractivity contribution in [2.75, 3.05) is 0 Å². The van der Waals surface area contributed by atoms with Crippen LogP contribution in [0, 0.1) is 0 Å². The van der Waals surface area contributed by atoms with Crippen LogP contribution in [0.2, 0.25) is 0 Å². The van der Waals surface area contributed by atoms with Crippen LogP contribution in [-0.2, 0) is 0 Å². The summed E-state index contributed by atoms with van der Waals surface area (Å²) in [6, 6.07) is 77.4. The van der Waals surface area contributed by atoms with Gasteiger partial charge in [0.15, 0.2) is 17.5 Å². The van der Waals surface area contributed by atoms with Crippen molar-refractivity contribution >= 4 is 53.3 Å². The van der Waals surface area contributed by atoms with Gasteiger partial charge in [-0.2, -0.15) is 0 Å². The molecule has 0 amide bonds. The molecule has 290 valence electrons. The normalized spacial score (nSPS) is 11.5. The zero-order valence-corrected chi connectivity index (χ0v) is 34.3. The minimum absolute atomic E-state index is 0.628. The number of rotatable bonds is 7. The Morgan fingerprint density at radius 3 is 1.42 bits per heavy atom. The van der Waals surface area contributed by atoms with Crippen LogP contribution in [0.3, 0.4) is 0 Å². The van der Waals surface area contributed by atoms with E-state index in [-0.39, 0.29) is 0 Å². The van der Waals surface area contributed by atoms with E-state index in [1.807, 2.05) is 29.5 Å². The topological polar surface area (TPSA) is 43.6 Å². The molecule has 12 aromatic rings. The van der Waals surface area contributed by atoms with E-state index < -0.39 is 0 Å².